The molecule has 0 bridgehead atoms. The molecule has 0 radical (unpaired) electrons. The summed E-state index contributed by atoms with van der Waals surface area (Å²) in [5.41, 5.74) is -0.500. The average molecular weight is 333 g/mol. The Balaban J connectivity index is 1.86. The minimum atomic E-state index is -3.37. The summed E-state index contributed by atoms with van der Waals surface area (Å²) in [6, 6.07) is -0.233. The summed E-state index contributed by atoms with van der Waals surface area (Å²) in [5.74, 6) is 0.0739. The van der Waals surface area contributed by atoms with E-state index in [1.54, 1.807) is 0 Å². The molecule has 1 N–H and O–H groups in total. The van der Waals surface area contributed by atoms with E-state index in [0.717, 1.165) is 38.5 Å². The normalized spacial score (nSPS) is 32.5. The van der Waals surface area contributed by atoms with Gasteiger partial charge >= 0.3 is 5.97 Å². The number of carbonyl (C=O) groups excluding carboxylic acids is 1. The Bertz CT molecular complexity index is 515. The molecule has 22 heavy (non-hydrogen) atoms. The van der Waals surface area contributed by atoms with Crippen LogP contribution in [0.1, 0.15) is 46.5 Å². The predicted octanol–water partition coefficient (Wildman–Crippen LogP) is 1.45. The minimum Gasteiger partial charge on any atom is -0.459 e. The Kier molecular flexibility index (Phi) is 4.90. The van der Waals surface area contributed by atoms with Crippen molar-refractivity contribution >= 4 is 16.1 Å². The largest absolute Gasteiger partial charge is 0.459 e. The summed E-state index contributed by atoms with van der Waals surface area (Å²) in [5, 5.41) is 3.20. The van der Waals surface area contributed by atoms with Crippen molar-refractivity contribution in [1.29, 1.82) is 0 Å². The van der Waals surface area contributed by atoms with Gasteiger partial charge in [-0.1, -0.05) is 0 Å². The Morgan fingerprint density at radius 2 is 1.86 bits per heavy atom. The quantitative estimate of drug-likeness (QED) is 0.619. The molecule has 2 aliphatic rings. The molecule has 0 aromatic carbocycles. The second-order valence-corrected chi connectivity index (χ2v) is 9.29. The van der Waals surface area contributed by atoms with Crippen molar-refractivity contribution in [2.45, 2.75) is 58.1 Å². The van der Waals surface area contributed by atoms with Gasteiger partial charge in [-0.3, -0.25) is 8.98 Å². The fraction of sp³-hybridized carbons (Fsp3) is 0.933. The van der Waals surface area contributed by atoms with Gasteiger partial charge in [0, 0.05) is 12.0 Å². The van der Waals surface area contributed by atoms with Gasteiger partial charge in [0.05, 0.1) is 12.9 Å². The molecule has 1 heterocycles. The molecule has 1 atom stereocenters. The number of carbonyl (C=O) groups is 1. The first-order chi connectivity index (χ1) is 10.0. The van der Waals surface area contributed by atoms with E-state index in [9.17, 15) is 13.2 Å². The maximum atomic E-state index is 12.3. The predicted molar refractivity (Wildman–Crippen MR) is 82.8 cm³/mol. The zero-order valence-electron chi connectivity index (χ0n) is 13.8. The summed E-state index contributed by atoms with van der Waals surface area (Å²) in [4.78, 5) is 12.3. The highest BCUT2D eigenvalue weighted by Crippen LogP contribution is 2.46. The summed E-state index contributed by atoms with van der Waals surface area (Å²) >= 11 is 0. The highest BCUT2D eigenvalue weighted by molar-refractivity contribution is 7.85. The third-order valence-electron chi connectivity index (χ3n) is 4.53. The van der Waals surface area contributed by atoms with Crippen LogP contribution in [0.25, 0.3) is 0 Å². The van der Waals surface area contributed by atoms with Crippen LogP contribution in [0, 0.1) is 11.3 Å². The van der Waals surface area contributed by atoms with Crippen LogP contribution >= 0.6 is 0 Å². The van der Waals surface area contributed by atoms with Crippen LogP contribution in [0.3, 0.4) is 0 Å². The van der Waals surface area contributed by atoms with Gasteiger partial charge < -0.3 is 10.1 Å². The Labute approximate surface area is 133 Å². The molecule has 1 saturated carbocycles. The molecule has 1 spiro atoms. The molecular weight excluding hydrogens is 306 g/mol. The SMILES string of the molecule is CC(C)(C)OC(=O)C1NCC12CCC(COS(C)(=O)=O)CC2. The fourth-order valence-electron chi connectivity index (χ4n) is 3.29. The first-order valence-corrected chi connectivity index (χ1v) is 9.63. The van der Waals surface area contributed by atoms with Gasteiger partial charge in [-0.05, 0) is 52.4 Å². The van der Waals surface area contributed by atoms with Gasteiger partial charge in [0.25, 0.3) is 10.1 Å². The molecular formula is C15H27NO5S. The maximum absolute atomic E-state index is 12.3. The molecule has 7 heteroatoms. The summed E-state index contributed by atoms with van der Waals surface area (Å²) in [7, 11) is -3.37. The molecule has 1 aliphatic heterocycles. The van der Waals surface area contributed by atoms with Crippen molar-refractivity contribution in [3.05, 3.63) is 0 Å². The third-order valence-corrected chi connectivity index (χ3v) is 5.10. The molecule has 6 nitrogen and oxygen atoms in total. The highest BCUT2D eigenvalue weighted by atomic mass is 32.2. The van der Waals surface area contributed by atoms with Gasteiger partial charge in [0.2, 0.25) is 0 Å². The molecule has 2 rings (SSSR count). The number of esters is 1. The van der Waals surface area contributed by atoms with E-state index in [0.29, 0.717) is 0 Å². The van der Waals surface area contributed by atoms with Crippen LogP contribution < -0.4 is 5.32 Å². The summed E-state index contributed by atoms with van der Waals surface area (Å²) in [6.07, 6.45) is 4.65. The molecule has 128 valence electrons. The monoisotopic (exact) mass is 333 g/mol. The van der Waals surface area contributed by atoms with E-state index in [4.69, 9.17) is 8.92 Å². The lowest BCUT2D eigenvalue weighted by molar-refractivity contribution is -0.168. The van der Waals surface area contributed by atoms with Crippen molar-refractivity contribution < 1.29 is 22.1 Å². The first-order valence-electron chi connectivity index (χ1n) is 7.81. The highest BCUT2D eigenvalue weighted by Gasteiger charge is 2.53. The lowest BCUT2D eigenvalue weighted by atomic mass is 9.62. The number of hydrogen-bond acceptors (Lipinski definition) is 6. The van der Waals surface area contributed by atoms with Crippen molar-refractivity contribution in [1.82, 2.24) is 5.32 Å². The van der Waals surface area contributed by atoms with Gasteiger partial charge in [0.1, 0.15) is 11.6 Å². The van der Waals surface area contributed by atoms with Crippen LogP contribution in [0.15, 0.2) is 0 Å². The number of nitrogens with one attached hydrogen (secondary N) is 1. The molecule has 2 fully saturated rings. The van der Waals surface area contributed by atoms with Crippen LogP contribution in [0.4, 0.5) is 0 Å². The number of rotatable bonds is 4. The number of hydrogen-bond donors (Lipinski definition) is 1. The summed E-state index contributed by atoms with van der Waals surface area (Å²) < 4.78 is 32.5. The molecule has 0 amide bonds. The first kappa shape index (κ1) is 17.7. The van der Waals surface area contributed by atoms with Gasteiger partial charge in [-0.15, -0.1) is 0 Å². The van der Waals surface area contributed by atoms with E-state index >= 15 is 0 Å². The third kappa shape index (κ3) is 4.43. The minimum absolute atomic E-state index is 0.0239. The van der Waals surface area contributed by atoms with E-state index in [1.165, 1.54) is 0 Å². The molecule has 1 aliphatic carbocycles. The second kappa shape index (κ2) is 6.09. The second-order valence-electron chi connectivity index (χ2n) is 7.64. The van der Waals surface area contributed by atoms with Crippen LogP contribution in [-0.4, -0.2) is 45.4 Å². The van der Waals surface area contributed by atoms with Gasteiger partial charge in [-0.25, -0.2) is 0 Å². The van der Waals surface area contributed by atoms with Crippen LogP contribution in [0.5, 0.6) is 0 Å². The lowest BCUT2D eigenvalue weighted by Crippen LogP contribution is -2.67. The fourth-order valence-corrected chi connectivity index (χ4v) is 3.73. The lowest BCUT2D eigenvalue weighted by Gasteiger charge is -2.52. The van der Waals surface area contributed by atoms with E-state index in [1.807, 2.05) is 20.8 Å². The van der Waals surface area contributed by atoms with E-state index in [2.05, 4.69) is 5.32 Å². The summed E-state index contributed by atoms with van der Waals surface area (Å²) in [6.45, 7) is 6.69. The van der Waals surface area contributed by atoms with E-state index in [-0.39, 0.29) is 30.0 Å². The van der Waals surface area contributed by atoms with Crippen molar-refractivity contribution in [3.63, 3.8) is 0 Å². The number of ether oxygens (including phenoxy) is 1. The average Bonchev–Trinajstić information content (AvgIpc) is 2.32. The van der Waals surface area contributed by atoms with Gasteiger partial charge in [-0.2, -0.15) is 8.42 Å². The van der Waals surface area contributed by atoms with Crippen molar-refractivity contribution in [2.24, 2.45) is 11.3 Å². The van der Waals surface area contributed by atoms with Crippen molar-refractivity contribution in [3.8, 4) is 0 Å². The smallest absolute Gasteiger partial charge is 0.324 e. The molecule has 0 aromatic rings. The molecule has 0 aromatic heterocycles. The molecule has 1 saturated heterocycles. The Morgan fingerprint density at radius 1 is 1.27 bits per heavy atom. The van der Waals surface area contributed by atoms with Crippen molar-refractivity contribution in [2.75, 3.05) is 19.4 Å². The van der Waals surface area contributed by atoms with Crippen LogP contribution in [-0.2, 0) is 23.8 Å². The Morgan fingerprint density at radius 3 is 2.27 bits per heavy atom. The van der Waals surface area contributed by atoms with Crippen LogP contribution in [0.2, 0.25) is 0 Å². The zero-order chi connectivity index (χ0) is 16.6. The Hall–Kier alpha value is -0.660. The zero-order valence-corrected chi connectivity index (χ0v) is 14.7. The standard InChI is InChI=1S/C15H27NO5S/c1-14(2,3)21-13(17)12-15(10-16-12)7-5-11(6-8-15)9-20-22(4,18)19/h11-12,16H,5-10H2,1-4H3. The maximum Gasteiger partial charge on any atom is 0.324 e. The van der Waals surface area contributed by atoms with Gasteiger partial charge in [0.15, 0.2) is 0 Å². The van der Waals surface area contributed by atoms with E-state index < -0.39 is 15.7 Å². The molecule has 1 unspecified atom stereocenters. The topological polar surface area (TPSA) is 81.7 Å².